The van der Waals surface area contributed by atoms with Crippen LogP contribution >= 0.6 is 11.6 Å². The van der Waals surface area contributed by atoms with Crippen molar-refractivity contribution < 1.29 is 4.39 Å². The molecule has 0 amide bonds. The van der Waals surface area contributed by atoms with Gasteiger partial charge in [-0.15, -0.1) is 0 Å². The summed E-state index contributed by atoms with van der Waals surface area (Å²) < 4.78 is 13.2. The molecule has 0 spiro atoms. The van der Waals surface area contributed by atoms with E-state index in [4.69, 9.17) is 11.6 Å². The van der Waals surface area contributed by atoms with E-state index in [9.17, 15) is 4.39 Å². The fourth-order valence-electron chi connectivity index (χ4n) is 2.36. The highest BCUT2D eigenvalue weighted by molar-refractivity contribution is 6.31. The van der Waals surface area contributed by atoms with E-state index >= 15 is 0 Å². The van der Waals surface area contributed by atoms with Gasteiger partial charge in [0.15, 0.2) is 0 Å². The Morgan fingerprint density at radius 2 is 2.10 bits per heavy atom. The third kappa shape index (κ3) is 3.31. The molecular formula is C15H16ClFN4. The standard InChI is InChI=1S/C15H16ClFN4/c16-12-10-11(2-3-13(12)17)14-4-6-19-15(20-14)21-8-1-5-18-7-9-21/h2-4,6,10,18H,1,5,7-9H2. The monoisotopic (exact) mass is 306 g/mol. The lowest BCUT2D eigenvalue weighted by Crippen LogP contribution is -2.29. The zero-order valence-corrected chi connectivity index (χ0v) is 12.3. The van der Waals surface area contributed by atoms with Crippen molar-refractivity contribution in [2.75, 3.05) is 31.1 Å². The molecule has 1 fully saturated rings. The average Bonchev–Trinajstić information content (AvgIpc) is 2.79. The summed E-state index contributed by atoms with van der Waals surface area (Å²) in [5.74, 6) is 0.282. The largest absolute Gasteiger partial charge is 0.339 e. The Balaban J connectivity index is 1.89. The van der Waals surface area contributed by atoms with E-state index in [0.29, 0.717) is 5.95 Å². The summed E-state index contributed by atoms with van der Waals surface area (Å²) in [6.45, 7) is 3.76. The van der Waals surface area contributed by atoms with Crippen LogP contribution in [-0.4, -0.2) is 36.1 Å². The van der Waals surface area contributed by atoms with Gasteiger partial charge in [0.1, 0.15) is 5.82 Å². The number of hydrogen-bond acceptors (Lipinski definition) is 4. The summed E-state index contributed by atoms with van der Waals surface area (Å²) in [4.78, 5) is 11.1. The van der Waals surface area contributed by atoms with Crippen molar-refractivity contribution in [1.82, 2.24) is 15.3 Å². The normalized spacial score (nSPS) is 15.8. The minimum absolute atomic E-state index is 0.103. The van der Waals surface area contributed by atoms with E-state index in [1.165, 1.54) is 6.07 Å². The van der Waals surface area contributed by atoms with Crippen molar-refractivity contribution >= 4 is 17.5 Å². The summed E-state index contributed by atoms with van der Waals surface area (Å²) in [5.41, 5.74) is 1.54. The van der Waals surface area contributed by atoms with Crippen molar-refractivity contribution in [3.8, 4) is 11.3 Å². The van der Waals surface area contributed by atoms with Crippen LogP contribution < -0.4 is 10.2 Å². The van der Waals surface area contributed by atoms with Gasteiger partial charge in [-0.05, 0) is 37.2 Å². The molecular weight excluding hydrogens is 291 g/mol. The number of benzene rings is 1. The first-order valence-corrected chi connectivity index (χ1v) is 7.36. The first-order valence-electron chi connectivity index (χ1n) is 6.98. The van der Waals surface area contributed by atoms with Gasteiger partial charge in [-0.25, -0.2) is 14.4 Å². The van der Waals surface area contributed by atoms with Crippen LogP contribution in [0.25, 0.3) is 11.3 Å². The Hall–Kier alpha value is -1.72. The molecule has 1 aromatic carbocycles. The molecule has 1 aromatic heterocycles. The van der Waals surface area contributed by atoms with Gasteiger partial charge >= 0.3 is 0 Å². The molecule has 1 saturated heterocycles. The molecule has 2 aromatic rings. The lowest BCUT2D eigenvalue weighted by atomic mass is 10.1. The van der Waals surface area contributed by atoms with Gasteiger partial charge in [-0.2, -0.15) is 0 Å². The van der Waals surface area contributed by atoms with Crippen LogP contribution in [0.5, 0.6) is 0 Å². The maximum Gasteiger partial charge on any atom is 0.225 e. The Morgan fingerprint density at radius 3 is 2.95 bits per heavy atom. The smallest absolute Gasteiger partial charge is 0.225 e. The second kappa shape index (κ2) is 6.37. The third-order valence-electron chi connectivity index (χ3n) is 3.48. The molecule has 1 aliphatic heterocycles. The van der Waals surface area contributed by atoms with Crippen molar-refractivity contribution in [2.24, 2.45) is 0 Å². The van der Waals surface area contributed by atoms with E-state index < -0.39 is 5.82 Å². The minimum atomic E-state index is -0.423. The average molecular weight is 307 g/mol. The summed E-state index contributed by atoms with van der Waals surface area (Å²) in [7, 11) is 0. The van der Waals surface area contributed by atoms with Crippen LogP contribution in [0.1, 0.15) is 6.42 Å². The number of nitrogens with one attached hydrogen (secondary N) is 1. The number of halogens is 2. The second-order valence-electron chi connectivity index (χ2n) is 4.96. The SMILES string of the molecule is Fc1ccc(-c2ccnc(N3CCCNCC3)n2)cc1Cl. The van der Waals surface area contributed by atoms with E-state index in [1.54, 1.807) is 18.3 Å². The van der Waals surface area contributed by atoms with Crippen molar-refractivity contribution in [3.05, 3.63) is 41.3 Å². The van der Waals surface area contributed by atoms with E-state index in [2.05, 4.69) is 20.2 Å². The third-order valence-corrected chi connectivity index (χ3v) is 3.77. The summed E-state index contributed by atoms with van der Waals surface area (Å²) >= 11 is 5.84. The molecule has 6 heteroatoms. The number of hydrogen-bond donors (Lipinski definition) is 1. The Kier molecular flexibility index (Phi) is 4.31. The molecule has 110 valence electrons. The van der Waals surface area contributed by atoms with E-state index in [0.717, 1.165) is 43.9 Å². The summed E-state index contributed by atoms with van der Waals surface area (Å²) in [6, 6.07) is 6.43. The molecule has 0 radical (unpaired) electrons. The maximum atomic E-state index is 13.2. The van der Waals surface area contributed by atoms with E-state index in [1.807, 2.05) is 6.07 Å². The van der Waals surface area contributed by atoms with Crippen LogP contribution in [0, 0.1) is 5.82 Å². The lowest BCUT2D eigenvalue weighted by Gasteiger charge is -2.20. The van der Waals surface area contributed by atoms with Gasteiger partial charge in [0.2, 0.25) is 5.95 Å². The van der Waals surface area contributed by atoms with Crippen LogP contribution in [0.3, 0.4) is 0 Å². The van der Waals surface area contributed by atoms with Crippen LogP contribution in [0.15, 0.2) is 30.5 Å². The van der Waals surface area contributed by atoms with Crippen molar-refractivity contribution in [2.45, 2.75) is 6.42 Å². The van der Waals surface area contributed by atoms with Crippen LogP contribution in [0.4, 0.5) is 10.3 Å². The molecule has 1 N–H and O–H groups in total. The molecule has 0 bridgehead atoms. The molecule has 4 nitrogen and oxygen atoms in total. The van der Waals surface area contributed by atoms with Crippen molar-refractivity contribution in [3.63, 3.8) is 0 Å². The minimum Gasteiger partial charge on any atom is -0.339 e. The molecule has 3 rings (SSSR count). The fraction of sp³-hybridized carbons (Fsp3) is 0.333. The highest BCUT2D eigenvalue weighted by Gasteiger charge is 2.13. The molecule has 0 unspecified atom stereocenters. The van der Waals surface area contributed by atoms with Gasteiger partial charge in [0.25, 0.3) is 0 Å². The number of nitrogens with zero attached hydrogens (tertiary/aromatic N) is 3. The van der Waals surface area contributed by atoms with Crippen molar-refractivity contribution in [1.29, 1.82) is 0 Å². The topological polar surface area (TPSA) is 41.1 Å². The van der Waals surface area contributed by atoms with Gasteiger partial charge in [-0.1, -0.05) is 11.6 Å². The Labute approximate surface area is 128 Å². The quantitative estimate of drug-likeness (QED) is 0.926. The van der Waals surface area contributed by atoms with Gasteiger partial charge in [-0.3, -0.25) is 0 Å². The lowest BCUT2D eigenvalue weighted by molar-refractivity contribution is 0.628. The molecule has 0 atom stereocenters. The summed E-state index contributed by atoms with van der Waals surface area (Å²) in [5, 5.41) is 3.45. The zero-order chi connectivity index (χ0) is 14.7. The van der Waals surface area contributed by atoms with Gasteiger partial charge in [0.05, 0.1) is 10.7 Å². The molecule has 21 heavy (non-hydrogen) atoms. The van der Waals surface area contributed by atoms with E-state index in [-0.39, 0.29) is 5.02 Å². The number of rotatable bonds is 2. The number of aromatic nitrogens is 2. The second-order valence-corrected chi connectivity index (χ2v) is 5.37. The zero-order valence-electron chi connectivity index (χ0n) is 11.5. The molecule has 1 aliphatic rings. The molecule has 0 saturated carbocycles. The number of anilines is 1. The Morgan fingerprint density at radius 1 is 1.19 bits per heavy atom. The Bertz CT molecular complexity index is 627. The van der Waals surface area contributed by atoms with Gasteiger partial charge in [0, 0.05) is 31.4 Å². The predicted octanol–water partition coefficient (Wildman–Crippen LogP) is 2.74. The highest BCUT2D eigenvalue weighted by Crippen LogP contribution is 2.24. The predicted molar refractivity (Wildman–Crippen MR) is 82.1 cm³/mol. The summed E-state index contributed by atoms with van der Waals surface area (Å²) in [6.07, 6.45) is 2.79. The fourth-order valence-corrected chi connectivity index (χ4v) is 2.54. The van der Waals surface area contributed by atoms with Crippen LogP contribution in [-0.2, 0) is 0 Å². The maximum absolute atomic E-state index is 13.2. The molecule has 0 aliphatic carbocycles. The first-order chi connectivity index (χ1) is 10.2. The first kappa shape index (κ1) is 14.2. The molecule has 2 heterocycles. The van der Waals surface area contributed by atoms with Crippen LogP contribution in [0.2, 0.25) is 5.02 Å². The highest BCUT2D eigenvalue weighted by atomic mass is 35.5. The van der Waals surface area contributed by atoms with Gasteiger partial charge < -0.3 is 10.2 Å².